The molecule has 6 nitrogen and oxygen atoms in total. The normalized spacial score (nSPS) is 25.1. The van der Waals surface area contributed by atoms with Gasteiger partial charge in [0.15, 0.2) is 17.4 Å². The summed E-state index contributed by atoms with van der Waals surface area (Å²) in [4.78, 5) is 4.40. The van der Waals surface area contributed by atoms with E-state index >= 15 is 0 Å². The molecule has 7 heteroatoms. The Hall–Kier alpha value is -1.76. The van der Waals surface area contributed by atoms with Crippen LogP contribution in [0.4, 0.5) is 5.69 Å². The lowest BCUT2D eigenvalue weighted by atomic mass is 9.88. The molecule has 110 valence electrons. The largest absolute Gasteiger partial charge is 0.455 e. The molecule has 6 N–H and O–H groups in total. The van der Waals surface area contributed by atoms with Gasteiger partial charge in [0.05, 0.1) is 5.69 Å². The van der Waals surface area contributed by atoms with E-state index in [4.69, 9.17) is 27.5 Å². The van der Waals surface area contributed by atoms with Crippen LogP contribution in [0.1, 0.15) is 12.2 Å². The molecule has 1 fully saturated rings. The molecule has 1 aromatic heterocycles. The standard InChI is InChI=1S/C14H16ClN5O/c15-8-1-2-10-9(3-8)11-12(21-10)14(17,20-13(16)19-11)4-7-5-18-6-7/h1-3,7,18H,4-6,17H2,(H3,16,19,20). The highest BCUT2D eigenvalue weighted by Crippen LogP contribution is 2.43. The van der Waals surface area contributed by atoms with Crippen molar-refractivity contribution >= 4 is 34.2 Å². The minimum Gasteiger partial charge on any atom is -0.455 e. The van der Waals surface area contributed by atoms with Gasteiger partial charge in [0.1, 0.15) is 5.58 Å². The number of guanidine groups is 1. The number of furan rings is 1. The summed E-state index contributed by atoms with van der Waals surface area (Å²) in [6, 6.07) is 5.46. The molecule has 0 saturated carbocycles. The fraction of sp³-hybridized carbons (Fsp3) is 0.357. The Morgan fingerprint density at radius 3 is 2.95 bits per heavy atom. The lowest BCUT2D eigenvalue weighted by molar-refractivity contribution is 0.230. The lowest BCUT2D eigenvalue weighted by Gasteiger charge is -2.36. The van der Waals surface area contributed by atoms with Crippen LogP contribution in [0, 0.1) is 5.92 Å². The molecule has 2 aromatic rings. The molecule has 21 heavy (non-hydrogen) atoms. The Kier molecular flexibility index (Phi) is 2.69. The summed E-state index contributed by atoms with van der Waals surface area (Å²) in [7, 11) is 0. The Bertz CT molecular complexity index is 751. The second-order valence-corrected chi connectivity index (χ2v) is 6.16. The zero-order valence-electron chi connectivity index (χ0n) is 11.3. The monoisotopic (exact) mass is 305 g/mol. The van der Waals surface area contributed by atoms with Crippen LogP contribution in [-0.2, 0) is 5.66 Å². The number of nitrogens with zero attached hydrogens (tertiary/aromatic N) is 1. The van der Waals surface area contributed by atoms with Gasteiger partial charge in [0, 0.05) is 10.4 Å². The number of halogens is 1. The summed E-state index contributed by atoms with van der Waals surface area (Å²) in [6.45, 7) is 1.90. The van der Waals surface area contributed by atoms with Crippen LogP contribution in [-0.4, -0.2) is 19.0 Å². The van der Waals surface area contributed by atoms with E-state index in [9.17, 15) is 0 Å². The fourth-order valence-corrected chi connectivity index (χ4v) is 3.16. The summed E-state index contributed by atoms with van der Waals surface area (Å²) in [6.07, 6.45) is 0.697. The minimum atomic E-state index is -0.928. The van der Waals surface area contributed by atoms with Gasteiger partial charge in [0.2, 0.25) is 0 Å². The van der Waals surface area contributed by atoms with Crippen molar-refractivity contribution in [2.75, 3.05) is 18.4 Å². The van der Waals surface area contributed by atoms with Crippen LogP contribution in [0.25, 0.3) is 11.0 Å². The van der Waals surface area contributed by atoms with Gasteiger partial charge in [-0.3, -0.25) is 0 Å². The molecule has 4 rings (SSSR count). The quantitative estimate of drug-likeness (QED) is 0.674. The topological polar surface area (TPSA) is 102 Å². The van der Waals surface area contributed by atoms with Crippen molar-refractivity contribution in [3.63, 3.8) is 0 Å². The first-order valence-corrected chi connectivity index (χ1v) is 7.27. The number of hydrogen-bond donors (Lipinski definition) is 4. The summed E-state index contributed by atoms with van der Waals surface area (Å²) < 4.78 is 5.95. The summed E-state index contributed by atoms with van der Waals surface area (Å²) in [5, 5.41) is 7.80. The summed E-state index contributed by atoms with van der Waals surface area (Å²) >= 11 is 6.07. The molecule has 0 spiro atoms. The average molecular weight is 306 g/mol. The van der Waals surface area contributed by atoms with E-state index in [-0.39, 0.29) is 0 Å². The van der Waals surface area contributed by atoms with Crippen molar-refractivity contribution in [1.82, 2.24) is 5.32 Å². The van der Waals surface area contributed by atoms with E-state index in [2.05, 4.69) is 15.6 Å². The van der Waals surface area contributed by atoms with Crippen molar-refractivity contribution in [3.05, 3.63) is 29.0 Å². The van der Waals surface area contributed by atoms with E-state index in [1.807, 2.05) is 12.1 Å². The third kappa shape index (κ3) is 1.98. The number of nitrogens with two attached hydrogens (primary N) is 2. The number of fused-ring (bicyclic) bond motifs is 3. The van der Waals surface area contributed by atoms with Crippen LogP contribution >= 0.6 is 11.6 Å². The molecule has 1 saturated heterocycles. The molecule has 3 heterocycles. The predicted molar refractivity (Wildman–Crippen MR) is 83.3 cm³/mol. The van der Waals surface area contributed by atoms with Gasteiger partial charge in [-0.1, -0.05) is 11.6 Å². The van der Waals surface area contributed by atoms with Crippen molar-refractivity contribution in [3.8, 4) is 0 Å². The number of aliphatic imine (C=N–C) groups is 1. The number of rotatable bonds is 2. The van der Waals surface area contributed by atoms with Crippen molar-refractivity contribution in [2.24, 2.45) is 22.4 Å². The van der Waals surface area contributed by atoms with Gasteiger partial charge < -0.3 is 26.5 Å². The fourth-order valence-electron chi connectivity index (χ4n) is 2.99. The molecule has 2 aliphatic heterocycles. The third-order valence-electron chi connectivity index (χ3n) is 4.08. The van der Waals surface area contributed by atoms with Gasteiger partial charge in [-0.15, -0.1) is 0 Å². The van der Waals surface area contributed by atoms with Crippen LogP contribution in [0.2, 0.25) is 5.02 Å². The maximum Gasteiger partial charge on any atom is 0.195 e. The molecular weight excluding hydrogens is 290 g/mol. The van der Waals surface area contributed by atoms with Crippen molar-refractivity contribution in [2.45, 2.75) is 12.1 Å². The summed E-state index contributed by atoms with van der Waals surface area (Å²) in [5.74, 6) is 1.41. The highest BCUT2D eigenvalue weighted by Gasteiger charge is 2.41. The Labute approximate surface area is 126 Å². The van der Waals surface area contributed by atoms with Crippen LogP contribution in [0.3, 0.4) is 0 Å². The molecule has 1 aromatic carbocycles. The predicted octanol–water partition coefficient (Wildman–Crippen LogP) is 1.55. The Balaban J connectivity index is 1.86. The molecule has 1 atom stereocenters. The van der Waals surface area contributed by atoms with Crippen LogP contribution < -0.4 is 22.1 Å². The van der Waals surface area contributed by atoms with Crippen molar-refractivity contribution in [1.29, 1.82) is 0 Å². The molecule has 0 amide bonds. The number of benzene rings is 1. The van der Waals surface area contributed by atoms with Crippen molar-refractivity contribution < 1.29 is 4.42 Å². The highest BCUT2D eigenvalue weighted by molar-refractivity contribution is 6.31. The van der Waals surface area contributed by atoms with E-state index in [1.54, 1.807) is 6.07 Å². The zero-order valence-corrected chi connectivity index (χ0v) is 12.1. The van der Waals surface area contributed by atoms with Crippen LogP contribution in [0.15, 0.2) is 27.6 Å². The van der Waals surface area contributed by atoms with Gasteiger partial charge in [-0.25, -0.2) is 4.99 Å². The number of nitrogens with one attached hydrogen (secondary N) is 2. The molecule has 1 unspecified atom stereocenters. The first kappa shape index (κ1) is 12.9. The number of anilines is 1. The van der Waals surface area contributed by atoms with E-state index < -0.39 is 5.66 Å². The second-order valence-electron chi connectivity index (χ2n) is 5.72. The maximum absolute atomic E-state index is 6.51. The highest BCUT2D eigenvalue weighted by atomic mass is 35.5. The molecular formula is C14H16ClN5O. The molecule has 2 aliphatic rings. The third-order valence-corrected chi connectivity index (χ3v) is 4.32. The first-order valence-electron chi connectivity index (χ1n) is 6.90. The second kappa shape index (κ2) is 4.37. The van der Waals surface area contributed by atoms with Gasteiger partial charge in [0.25, 0.3) is 0 Å². The van der Waals surface area contributed by atoms with E-state index in [0.717, 1.165) is 29.7 Å². The summed E-state index contributed by atoms with van der Waals surface area (Å²) in [5.41, 5.74) is 13.0. The first-order chi connectivity index (χ1) is 10.0. The Morgan fingerprint density at radius 2 is 2.24 bits per heavy atom. The Morgan fingerprint density at radius 1 is 1.43 bits per heavy atom. The van der Waals surface area contributed by atoms with Gasteiger partial charge in [-0.05, 0) is 43.6 Å². The molecule has 0 bridgehead atoms. The van der Waals surface area contributed by atoms with Gasteiger partial charge in [-0.2, -0.15) is 0 Å². The minimum absolute atomic E-state index is 0.306. The zero-order chi connectivity index (χ0) is 14.6. The van der Waals surface area contributed by atoms with E-state index in [0.29, 0.717) is 29.1 Å². The molecule has 0 radical (unpaired) electrons. The smallest absolute Gasteiger partial charge is 0.195 e. The van der Waals surface area contributed by atoms with Gasteiger partial charge >= 0.3 is 0 Å². The lowest BCUT2D eigenvalue weighted by Crippen LogP contribution is -2.50. The molecule has 0 aliphatic carbocycles. The number of hydrogen-bond acceptors (Lipinski definition) is 6. The van der Waals surface area contributed by atoms with E-state index in [1.165, 1.54) is 0 Å². The SMILES string of the molecule is NC1=NC(N)(CC2CNC2)c2oc3ccc(Cl)cc3c2N1. The van der Waals surface area contributed by atoms with Crippen LogP contribution in [0.5, 0.6) is 0 Å². The maximum atomic E-state index is 6.51. The average Bonchev–Trinajstić information content (AvgIpc) is 2.73.